The largest absolute Gasteiger partial charge is 0.477 e. The van der Waals surface area contributed by atoms with E-state index in [1.165, 1.54) is 14.2 Å². The molecule has 0 spiro atoms. The average Bonchev–Trinajstić information content (AvgIpc) is 2.42. The maximum atomic E-state index is 6.24. The van der Waals surface area contributed by atoms with Crippen LogP contribution >= 0.6 is 35.0 Å². The smallest absolute Gasteiger partial charge is 0.278 e. The number of ether oxygens (including phenoxy) is 2. The second kappa shape index (κ2) is 6.03. The molecule has 1 heterocycles. The molecule has 0 bridgehead atoms. The minimum Gasteiger partial charge on any atom is -0.477 e. The third-order valence-corrected chi connectivity index (χ3v) is 3.96. The first kappa shape index (κ1) is 14.5. The van der Waals surface area contributed by atoms with Gasteiger partial charge in [-0.3, -0.25) is 0 Å². The summed E-state index contributed by atoms with van der Waals surface area (Å²) in [7, 11) is 3.03. The molecule has 0 radical (unpaired) electrons. The Balaban J connectivity index is 2.79. The van der Waals surface area contributed by atoms with Gasteiger partial charge in [0.2, 0.25) is 0 Å². The molecule has 19 heavy (non-hydrogen) atoms. The summed E-state index contributed by atoms with van der Waals surface area (Å²) in [6, 6.07) is 1.68. The van der Waals surface area contributed by atoms with Crippen molar-refractivity contribution in [3.8, 4) is 11.8 Å². The van der Waals surface area contributed by atoms with Gasteiger partial charge in [0.05, 0.1) is 35.3 Å². The minimum atomic E-state index is 0.323. The fourth-order valence-corrected chi connectivity index (χ4v) is 2.79. The van der Waals surface area contributed by atoms with E-state index < -0.39 is 0 Å². The number of hydrogen-bond donors (Lipinski definition) is 0. The van der Waals surface area contributed by atoms with E-state index in [9.17, 15) is 0 Å². The molecule has 1 aromatic carbocycles. The van der Waals surface area contributed by atoms with Gasteiger partial charge in [0, 0.05) is 11.3 Å². The van der Waals surface area contributed by atoms with Crippen molar-refractivity contribution in [2.24, 2.45) is 0 Å². The second-order valence-corrected chi connectivity index (χ2v) is 5.35. The molecule has 0 amide bonds. The molecule has 2 aromatic rings. The van der Waals surface area contributed by atoms with Crippen LogP contribution in [0.15, 0.2) is 6.07 Å². The molecule has 0 N–H and O–H groups in total. The second-order valence-electron chi connectivity index (χ2n) is 3.69. The lowest BCUT2D eigenvalue weighted by Crippen LogP contribution is -2.00. The van der Waals surface area contributed by atoms with Crippen LogP contribution in [0.25, 0.3) is 11.0 Å². The van der Waals surface area contributed by atoms with E-state index in [2.05, 4.69) is 9.97 Å². The predicted octanol–water partition coefficient (Wildman–Crippen LogP) is 3.82. The van der Waals surface area contributed by atoms with Crippen LogP contribution in [0, 0.1) is 0 Å². The van der Waals surface area contributed by atoms with Crippen molar-refractivity contribution in [2.45, 2.75) is 5.75 Å². The number of halogens is 2. The normalized spacial score (nSPS) is 10.8. The molecule has 0 aliphatic heterocycles. The van der Waals surface area contributed by atoms with Gasteiger partial charge in [-0.05, 0) is 12.3 Å². The molecule has 0 unspecified atom stereocenters. The summed E-state index contributed by atoms with van der Waals surface area (Å²) in [4.78, 5) is 8.77. The molecule has 102 valence electrons. The molecule has 0 aliphatic rings. The third-order valence-electron chi connectivity index (χ3n) is 2.56. The Hall–Kier alpha value is -0.910. The van der Waals surface area contributed by atoms with E-state index >= 15 is 0 Å². The molecule has 0 fully saturated rings. The zero-order valence-corrected chi connectivity index (χ0v) is 13.0. The predicted molar refractivity (Wildman–Crippen MR) is 79.9 cm³/mol. The number of hydrogen-bond acceptors (Lipinski definition) is 5. The van der Waals surface area contributed by atoms with Gasteiger partial charge in [-0.2, -0.15) is 11.8 Å². The molecule has 1 aromatic heterocycles. The summed E-state index contributed by atoms with van der Waals surface area (Å²) >= 11 is 14.0. The first-order valence-corrected chi connectivity index (χ1v) is 7.52. The summed E-state index contributed by atoms with van der Waals surface area (Å²) in [6.07, 6.45) is 1.98. The summed E-state index contributed by atoms with van der Waals surface area (Å²) in [5.74, 6) is 1.35. The van der Waals surface area contributed by atoms with Gasteiger partial charge < -0.3 is 9.47 Å². The summed E-state index contributed by atoms with van der Waals surface area (Å²) in [6.45, 7) is 0. The van der Waals surface area contributed by atoms with Crippen molar-refractivity contribution in [1.82, 2.24) is 9.97 Å². The Bertz CT molecular complexity index is 622. The van der Waals surface area contributed by atoms with Gasteiger partial charge in [-0.25, -0.2) is 9.97 Å². The first-order chi connectivity index (χ1) is 9.12. The molecule has 7 heteroatoms. The van der Waals surface area contributed by atoms with Crippen LogP contribution in [-0.2, 0) is 5.75 Å². The Kier molecular flexibility index (Phi) is 4.60. The van der Waals surface area contributed by atoms with E-state index in [1.807, 2.05) is 6.26 Å². The standard InChI is InChI=1S/C12H12Cl2N2O2S/c1-17-11-12(18-2)16-10-6(5-19-3)9(14)7(13)4-8(10)15-11/h4H,5H2,1-3H3. The fourth-order valence-electron chi connectivity index (χ4n) is 1.71. The van der Waals surface area contributed by atoms with E-state index in [-0.39, 0.29) is 0 Å². The Morgan fingerprint density at radius 3 is 2.37 bits per heavy atom. The number of fused-ring (bicyclic) bond motifs is 1. The van der Waals surface area contributed by atoms with Crippen LogP contribution in [0.1, 0.15) is 5.56 Å². The number of nitrogens with zero attached hydrogens (tertiary/aromatic N) is 2. The molecular formula is C12H12Cl2N2O2S. The van der Waals surface area contributed by atoms with Crippen molar-refractivity contribution < 1.29 is 9.47 Å². The topological polar surface area (TPSA) is 44.2 Å². The highest BCUT2D eigenvalue weighted by atomic mass is 35.5. The van der Waals surface area contributed by atoms with Crippen LogP contribution in [0.2, 0.25) is 10.0 Å². The highest BCUT2D eigenvalue weighted by Gasteiger charge is 2.17. The Morgan fingerprint density at radius 1 is 1.16 bits per heavy atom. The van der Waals surface area contributed by atoms with E-state index in [1.54, 1.807) is 17.8 Å². The van der Waals surface area contributed by atoms with Crippen molar-refractivity contribution >= 4 is 46.0 Å². The molecule has 0 aliphatic carbocycles. The lowest BCUT2D eigenvalue weighted by atomic mass is 10.2. The number of methoxy groups -OCH3 is 2. The average molecular weight is 319 g/mol. The van der Waals surface area contributed by atoms with Crippen LogP contribution in [0.4, 0.5) is 0 Å². The molecule has 2 rings (SSSR count). The number of aromatic nitrogens is 2. The molecule has 0 saturated carbocycles. The minimum absolute atomic E-state index is 0.323. The lowest BCUT2D eigenvalue weighted by molar-refractivity contribution is 0.334. The van der Waals surface area contributed by atoms with Gasteiger partial charge in [0.1, 0.15) is 0 Å². The fraction of sp³-hybridized carbons (Fsp3) is 0.333. The van der Waals surface area contributed by atoms with Crippen LogP contribution in [0.5, 0.6) is 11.8 Å². The zero-order valence-electron chi connectivity index (χ0n) is 10.7. The van der Waals surface area contributed by atoms with E-state index in [0.29, 0.717) is 38.6 Å². The summed E-state index contributed by atoms with van der Waals surface area (Å²) < 4.78 is 10.3. The molecular weight excluding hydrogens is 307 g/mol. The quantitative estimate of drug-likeness (QED) is 0.857. The monoisotopic (exact) mass is 318 g/mol. The SMILES string of the molecule is COc1nc2cc(Cl)c(Cl)c(CSC)c2nc1OC. The van der Waals surface area contributed by atoms with E-state index in [4.69, 9.17) is 32.7 Å². The Morgan fingerprint density at radius 2 is 1.79 bits per heavy atom. The van der Waals surface area contributed by atoms with Crippen molar-refractivity contribution in [3.05, 3.63) is 21.7 Å². The zero-order chi connectivity index (χ0) is 14.0. The first-order valence-electron chi connectivity index (χ1n) is 5.37. The van der Waals surface area contributed by atoms with Crippen molar-refractivity contribution in [2.75, 3.05) is 20.5 Å². The maximum Gasteiger partial charge on any atom is 0.278 e. The van der Waals surface area contributed by atoms with Gasteiger partial charge in [-0.1, -0.05) is 23.2 Å². The third kappa shape index (κ3) is 2.68. The van der Waals surface area contributed by atoms with Gasteiger partial charge in [-0.15, -0.1) is 0 Å². The Labute approximate surface area is 125 Å². The van der Waals surface area contributed by atoms with E-state index in [0.717, 1.165) is 5.56 Å². The van der Waals surface area contributed by atoms with Gasteiger partial charge >= 0.3 is 0 Å². The highest BCUT2D eigenvalue weighted by Crippen LogP contribution is 2.36. The summed E-state index contributed by atoms with van der Waals surface area (Å²) in [5.41, 5.74) is 2.17. The molecule has 0 saturated heterocycles. The lowest BCUT2D eigenvalue weighted by Gasteiger charge is -2.11. The number of rotatable bonds is 4. The van der Waals surface area contributed by atoms with Crippen molar-refractivity contribution in [3.63, 3.8) is 0 Å². The summed E-state index contributed by atoms with van der Waals surface area (Å²) in [5, 5.41) is 0.963. The number of benzene rings is 1. The molecule has 0 atom stereocenters. The van der Waals surface area contributed by atoms with Crippen LogP contribution < -0.4 is 9.47 Å². The van der Waals surface area contributed by atoms with Crippen molar-refractivity contribution in [1.29, 1.82) is 0 Å². The number of thioether (sulfide) groups is 1. The molecule has 4 nitrogen and oxygen atoms in total. The highest BCUT2D eigenvalue weighted by molar-refractivity contribution is 7.97. The van der Waals surface area contributed by atoms with Gasteiger partial charge in [0.15, 0.2) is 0 Å². The van der Waals surface area contributed by atoms with Crippen LogP contribution in [0.3, 0.4) is 0 Å². The van der Waals surface area contributed by atoms with Gasteiger partial charge in [0.25, 0.3) is 11.8 Å². The van der Waals surface area contributed by atoms with Crippen LogP contribution in [-0.4, -0.2) is 30.4 Å². The maximum absolute atomic E-state index is 6.24.